The Kier molecular flexibility index (Phi) is 2.48. The third-order valence-electron chi connectivity index (χ3n) is 2.82. The summed E-state index contributed by atoms with van der Waals surface area (Å²) in [5.41, 5.74) is 3.70. The molecule has 0 spiro atoms. The molecule has 0 aliphatic heterocycles. The number of nitrogens with zero attached hydrogens (tertiary/aromatic N) is 2. The number of oxazole rings is 1. The number of benzene rings is 1. The van der Waals surface area contributed by atoms with Crippen LogP contribution in [0, 0.1) is 6.92 Å². The molecule has 2 aromatic heterocycles. The molecule has 0 aliphatic rings. The second kappa shape index (κ2) is 4.14. The number of hydrogen-bond donors (Lipinski definition) is 1. The molecular weight excluding hydrogens is 226 g/mol. The summed E-state index contributed by atoms with van der Waals surface area (Å²) in [5.74, 6) is 1.36. The maximum absolute atomic E-state index is 5.76. The number of nitrogens with one attached hydrogen (secondary N) is 1. The molecule has 0 saturated carbocycles. The first-order valence-corrected chi connectivity index (χ1v) is 5.78. The lowest BCUT2D eigenvalue weighted by Gasteiger charge is -2.02. The molecule has 0 aliphatic carbocycles. The molecular formula is C14H13N3O. The van der Waals surface area contributed by atoms with E-state index >= 15 is 0 Å². The van der Waals surface area contributed by atoms with Crippen LogP contribution >= 0.6 is 0 Å². The maximum Gasteiger partial charge on any atom is 0.231 e. The highest BCUT2D eigenvalue weighted by Crippen LogP contribution is 2.28. The van der Waals surface area contributed by atoms with E-state index in [4.69, 9.17) is 4.42 Å². The second-order valence-electron chi connectivity index (χ2n) is 4.14. The Morgan fingerprint density at radius 3 is 2.94 bits per heavy atom. The fourth-order valence-corrected chi connectivity index (χ4v) is 1.93. The summed E-state index contributed by atoms with van der Waals surface area (Å²) >= 11 is 0. The van der Waals surface area contributed by atoms with Crippen LogP contribution in [0.3, 0.4) is 0 Å². The lowest BCUT2D eigenvalue weighted by molar-refractivity contribution is 0.619. The smallest absolute Gasteiger partial charge is 0.231 e. The van der Waals surface area contributed by atoms with E-state index < -0.39 is 0 Å². The fourth-order valence-electron chi connectivity index (χ4n) is 1.93. The highest BCUT2D eigenvalue weighted by Gasteiger charge is 2.12. The normalized spacial score (nSPS) is 10.8. The molecule has 18 heavy (non-hydrogen) atoms. The SMILES string of the molecule is CNc1ncccc1-c1nc2cc(C)ccc2o1. The second-order valence-corrected chi connectivity index (χ2v) is 4.14. The van der Waals surface area contributed by atoms with Gasteiger partial charge in [0.15, 0.2) is 5.58 Å². The summed E-state index contributed by atoms with van der Waals surface area (Å²) in [4.78, 5) is 8.76. The van der Waals surface area contributed by atoms with Crippen LogP contribution < -0.4 is 5.32 Å². The minimum atomic E-state index is 0.591. The minimum absolute atomic E-state index is 0.591. The summed E-state index contributed by atoms with van der Waals surface area (Å²) in [7, 11) is 1.83. The van der Waals surface area contributed by atoms with Gasteiger partial charge in [-0.1, -0.05) is 6.07 Å². The predicted molar refractivity (Wildman–Crippen MR) is 71.5 cm³/mol. The summed E-state index contributed by atoms with van der Waals surface area (Å²) < 4.78 is 5.76. The number of pyridine rings is 1. The Balaban J connectivity index is 2.19. The molecule has 1 aromatic carbocycles. The molecule has 90 valence electrons. The average molecular weight is 239 g/mol. The van der Waals surface area contributed by atoms with Crippen molar-refractivity contribution in [2.45, 2.75) is 6.92 Å². The van der Waals surface area contributed by atoms with Gasteiger partial charge in [0.2, 0.25) is 5.89 Å². The molecule has 1 N–H and O–H groups in total. The van der Waals surface area contributed by atoms with E-state index in [1.54, 1.807) is 6.20 Å². The van der Waals surface area contributed by atoms with E-state index in [-0.39, 0.29) is 0 Å². The van der Waals surface area contributed by atoms with Crippen LogP contribution in [-0.4, -0.2) is 17.0 Å². The Hall–Kier alpha value is -2.36. The zero-order valence-corrected chi connectivity index (χ0v) is 10.3. The van der Waals surface area contributed by atoms with Gasteiger partial charge in [0.25, 0.3) is 0 Å². The van der Waals surface area contributed by atoms with Gasteiger partial charge in [-0.25, -0.2) is 9.97 Å². The Bertz CT molecular complexity index is 703. The van der Waals surface area contributed by atoms with Crippen LogP contribution in [0.4, 0.5) is 5.82 Å². The van der Waals surface area contributed by atoms with Crippen LogP contribution in [0.1, 0.15) is 5.56 Å². The van der Waals surface area contributed by atoms with Crippen LogP contribution in [0.5, 0.6) is 0 Å². The number of fused-ring (bicyclic) bond motifs is 1. The summed E-state index contributed by atoms with van der Waals surface area (Å²) in [6, 6.07) is 9.78. The van der Waals surface area contributed by atoms with Gasteiger partial charge in [-0.3, -0.25) is 0 Å². The number of hydrogen-bond acceptors (Lipinski definition) is 4. The molecule has 0 amide bonds. The molecule has 0 unspecified atom stereocenters. The standard InChI is InChI=1S/C14H13N3O/c1-9-5-6-12-11(8-9)17-14(18-12)10-4-3-7-16-13(10)15-2/h3-8H,1-2H3,(H,15,16). The largest absolute Gasteiger partial charge is 0.436 e. The van der Waals surface area contributed by atoms with Crippen LogP contribution in [0.15, 0.2) is 40.9 Å². The molecule has 3 aromatic rings. The highest BCUT2D eigenvalue weighted by molar-refractivity contribution is 5.79. The van der Waals surface area contributed by atoms with Crippen molar-refractivity contribution in [3.8, 4) is 11.5 Å². The monoisotopic (exact) mass is 239 g/mol. The molecule has 0 atom stereocenters. The molecule has 3 rings (SSSR count). The zero-order chi connectivity index (χ0) is 12.5. The van der Waals surface area contributed by atoms with Gasteiger partial charge in [-0.05, 0) is 36.8 Å². The molecule has 0 fully saturated rings. The maximum atomic E-state index is 5.76. The van der Waals surface area contributed by atoms with Gasteiger partial charge in [-0.15, -0.1) is 0 Å². The summed E-state index contributed by atoms with van der Waals surface area (Å²) in [5, 5.41) is 3.04. The molecule has 0 radical (unpaired) electrons. The van der Waals surface area contributed by atoms with E-state index in [1.165, 1.54) is 5.56 Å². The van der Waals surface area contributed by atoms with E-state index in [1.807, 2.05) is 44.3 Å². The van der Waals surface area contributed by atoms with E-state index in [0.717, 1.165) is 22.5 Å². The topological polar surface area (TPSA) is 51.0 Å². The molecule has 2 heterocycles. The van der Waals surface area contributed by atoms with Crippen molar-refractivity contribution in [2.75, 3.05) is 12.4 Å². The quantitative estimate of drug-likeness (QED) is 0.745. The van der Waals surface area contributed by atoms with E-state index in [2.05, 4.69) is 15.3 Å². The first-order valence-electron chi connectivity index (χ1n) is 5.78. The molecule has 0 bridgehead atoms. The lowest BCUT2D eigenvalue weighted by Crippen LogP contribution is -1.94. The van der Waals surface area contributed by atoms with Crippen molar-refractivity contribution in [1.82, 2.24) is 9.97 Å². The molecule has 4 heteroatoms. The van der Waals surface area contributed by atoms with Gasteiger partial charge in [0.05, 0.1) is 5.56 Å². The van der Waals surface area contributed by atoms with Crippen LogP contribution in [0.25, 0.3) is 22.6 Å². The van der Waals surface area contributed by atoms with Crippen LogP contribution in [0.2, 0.25) is 0 Å². The minimum Gasteiger partial charge on any atom is -0.436 e. The van der Waals surface area contributed by atoms with Crippen molar-refractivity contribution < 1.29 is 4.42 Å². The number of aromatic nitrogens is 2. The predicted octanol–water partition coefficient (Wildman–Crippen LogP) is 3.24. The van der Waals surface area contributed by atoms with Gasteiger partial charge >= 0.3 is 0 Å². The number of rotatable bonds is 2. The van der Waals surface area contributed by atoms with E-state index in [0.29, 0.717) is 5.89 Å². The van der Waals surface area contributed by atoms with Crippen molar-refractivity contribution in [2.24, 2.45) is 0 Å². The Morgan fingerprint density at radius 2 is 2.11 bits per heavy atom. The number of anilines is 1. The molecule has 4 nitrogen and oxygen atoms in total. The summed E-state index contributed by atoms with van der Waals surface area (Å²) in [6.45, 7) is 2.04. The zero-order valence-electron chi connectivity index (χ0n) is 10.3. The molecule has 0 saturated heterocycles. The van der Waals surface area contributed by atoms with Crippen molar-refractivity contribution in [3.05, 3.63) is 42.1 Å². The fraction of sp³-hybridized carbons (Fsp3) is 0.143. The third-order valence-corrected chi connectivity index (χ3v) is 2.82. The lowest BCUT2D eigenvalue weighted by atomic mass is 10.2. The van der Waals surface area contributed by atoms with Gasteiger partial charge in [-0.2, -0.15) is 0 Å². The van der Waals surface area contributed by atoms with Crippen molar-refractivity contribution in [3.63, 3.8) is 0 Å². The Labute approximate surface area is 105 Å². The van der Waals surface area contributed by atoms with E-state index in [9.17, 15) is 0 Å². The first kappa shape index (κ1) is 10.8. The first-order chi connectivity index (χ1) is 8.78. The average Bonchev–Trinajstić information content (AvgIpc) is 2.81. The number of aryl methyl sites for hydroxylation is 1. The highest BCUT2D eigenvalue weighted by atomic mass is 16.3. The van der Waals surface area contributed by atoms with Crippen LogP contribution in [-0.2, 0) is 0 Å². The Morgan fingerprint density at radius 1 is 1.22 bits per heavy atom. The summed E-state index contributed by atoms with van der Waals surface area (Å²) in [6.07, 6.45) is 1.74. The van der Waals surface area contributed by atoms with Crippen molar-refractivity contribution >= 4 is 16.9 Å². The van der Waals surface area contributed by atoms with Gasteiger partial charge in [0.1, 0.15) is 11.3 Å². The van der Waals surface area contributed by atoms with Gasteiger partial charge in [0, 0.05) is 13.2 Å². The third kappa shape index (κ3) is 1.72. The van der Waals surface area contributed by atoms with Gasteiger partial charge < -0.3 is 9.73 Å². The van der Waals surface area contributed by atoms with Crippen molar-refractivity contribution in [1.29, 1.82) is 0 Å².